The van der Waals surface area contributed by atoms with E-state index in [0.29, 0.717) is 5.76 Å². The molecule has 1 N–H and O–H groups in total. The molecular weight excluding hydrogens is 293 g/mol. The first-order valence-electron chi connectivity index (χ1n) is 4.12. The van der Waals surface area contributed by atoms with E-state index in [1.807, 2.05) is 24.3 Å². The first kappa shape index (κ1) is 9.67. The van der Waals surface area contributed by atoms with Crippen LogP contribution in [-0.2, 0) is 6.61 Å². The summed E-state index contributed by atoms with van der Waals surface area (Å²) in [6.07, 6.45) is 0. The van der Waals surface area contributed by atoms with Gasteiger partial charge in [0, 0.05) is 15.2 Å². The van der Waals surface area contributed by atoms with Crippen LogP contribution >= 0.6 is 22.6 Å². The molecule has 0 aliphatic carbocycles. The van der Waals surface area contributed by atoms with Crippen LogP contribution in [0.15, 0.2) is 34.9 Å². The molecule has 3 nitrogen and oxygen atoms in total. The highest BCUT2D eigenvalue weighted by atomic mass is 127. The Morgan fingerprint density at radius 1 is 1.29 bits per heavy atom. The van der Waals surface area contributed by atoms with Gasteiger partial charge in [-0.1, -0.05) is 17.3 Å². The molecule has 1 aromatic carbocycles. The zero-order valence-corrected chi connectivity index (χ0v) is 9.43. The van der Waals surface area contributed by atoms with Gasteiger partial charge in [-0.15, -0.1) is 0 Å². The van der Waals surface area contributed by atoms with E-state index < -0.39 is 0 Å². The average Bonchev–Trinajstić information content (AvgIpc) is 2.67. The normalized spacial score (nSPS) is 10.4. The fourth-order valence-electron chi connectivity index (χ4n) is 1.14. The molecule has 1 heterocycles. The summed E-state index contributed by atoms with van der Waals surface area (Å²) in [6, 6.07) is 9.69. The number of nitrogens with zero attached hydrogens (tertiary/aromatic N) is 1. The molecule has 0 atom stereocenters. The fourth-order valence-corrected chi connectivity index (χ4v) is 1.50. The van der Waals surface area contributed by atoms with Gasteiger partial charge in [-0.3, -0.25) is 0 Å². The Morgan fingerprint density at radius 2 is 2.00 bits per heavy atom. The predicted molar refractivity (Wildman–Crippen MR) is 60.6 cm³/mol. The highest BCUT2D eigenvalue weighted by Gasteiger charge is 2.04. The standard InChI is InChI=1S/C10H8INO2/c11-8-3-1-7(2-4-8)10-5-9(6-13)14-12-10/h1-5,13H,6H2. The van der Waals surface area contributed by atoms with Crippen molar-refractivity contribution in [1.29, 1.82) is 0 Å². The van der Waals surface area contributed by atoms with Crippen LogP contribution in [0.5, 0.6) is 0 Å². The molecule has 0 saturated carbocycles. The number of halogens is 1. The zero-order chi connectivity index (χ0) is 9.97. The summed E-state index contributed by atoms with van der Waals surface area (Å²) in [5.41, 5.74) is 1.75. The number of hydrogen-bond acceptors (Lipinski definition) is 3. The Labute approximate surface area is 94.9 Å². The molecule has 72 valence electrons. The second kappa shape index (κ2) is 4.10. The number of rotatable bonds is 2. The number of aliphatic hydroxyl groups excluding tert-OH is 1. The lowest BCUT2D eigenvalue weighted by molar-refractivity contribution is 0.229. The van der Waals surface area contributed by atoms with Gasteiger partial charge >= 0.3 is 0 Å². The second-order valence-electron chi connectivity index (χ2n) is 2.84. The third-order valence-corrected chi connectivity index (χ3v) is 2.57. The van der Waals surface area contributed by atoms with Gasteiger partial charge in [-0.05, 0) is 34.7 Å². The van der Waals surface area contributed by atoms with E-state index in [4.69, 9.17) is 9.63 Å². The molecule has 0 bridgehead atoms. The van der Waals surface area contributed by atoms with Crippen molar-refractivity contribution in [2.45, 2.75) is 6.61 Å². The van der Waals surface area contributed by atoms with Crippen LogP contribution in [-0.4, -0.2) is 10.3 Å². The Hall–Kier alpha value is -0.880. The van der Waals surface area contributed by atoms with E-state index in [0.717, 1.165) is 11.3 Å². The van der Waals surface area contributed by atoms with Crippen LogP contribution in [0.25, 0.3) is 11.3 Å². The van der Waals surface area contributed by atoms with Gasteiger partial charge in [0.05, 0.1) is 0 Å². The van der Waals surface area contributed by atoms with Gasteiger partial charge < -0.3 is 9.63 Å². The van der Waals surface area contributed by atoms with E-state index in [1.165, 1.54) is 3.57 Å². The minimum absolute atomic E-state index is 0.114. The molecule has 0 aliphatic heterocycles. The molecule has 14 heavy (non-hydrogen) atoms. The van der Waals surface area contributed by atoms with Gasteiger partial charge in [0.1, 0.15) is 12.3 Å². The van der Waals surface area contributed by atoms with Crippen LogP contribution in [0.3, 0.4) is 0 Å². The van der Waals surface area contributed by atoms with Crippen LogP contribution < -0.4 is 0 Å². The summed E-state index contributed by atoms with van der Waals surface area (Å²) >= 11 is 2.24. The third-order valence-electron chi connectivity index (χ3n) is 1.85. The van der Waals surface area contributed by atoms with Gasteiger partial charge in [0.2, 0.25) is 0 Å². The van der Waals surface area contributed by atoms with Crippen molar-refractivity contribution in [3.63, 3.8) is 0 Å². The monoisotopic (exact) mass is 301 g/mol. The van der Waals surface area contributed by atoms with Crippen LogP contribution in [0.4, 0.5) is 0 Å². The zero-order valence-electron chi connectivity index (χ0n) is 7.27. The van der Waals surface area contributed by atoms with Crippen LogP contribution in [0.1, 0.15) is 5.76 Å². The molecule has 4 heteroatoms. The van der Waals surface area contributed by atoms with Gasteiger partial charge in [0.25, 0.3) is 0 Å². The van der Waals surface area contributed by atoms with Crippen LogP contribution in [0, 0.1) is 3.57 Å². The summed E-state index contributed by atoms with van der Waals surface area (Å²) in [5, 5.41) is 12.7. The van der Waals surface area contributed by atoms with E-state index in [1.54, 1.807) is 6.07 Å². The lowest BCUT2D eigenvalue weighted by Crippen LogP contribution is -1.77. The summed E-state index contributed by atoms with van der Waals surface area (Å²) < 4.78 is 6.07. The Bertz CT molecular complexity index is 422. The van der Waals surface area contributed by atoms with Crippen molar-refractivity contribution in [3.05, 3.63) is 39.7 Å². The first-order valence-corrected chi connectivity index (χ1v) is 5.20. The van der Waals surface area contributed by atoms with E-state index in [-0.39, 0.29) is 6.61 Å². The molecule has 2 aromatic rings. The lowest BCUT2D eigenvalue weighted by atomic mass is 10.1. The Kier molecular flexibility index (Phi) is 2.83. The highest BCUT2D eigenvalue weighted by Crippen LogP contribution is 2.20. The molecule has 0 unspecified atom stereocenters. The molecule has 0 saturated heterocycles. The van der Waals surface area contributed by atoms with E-state index in [2.05, 4.69) is 27.7 Å². The van der Waals surface area contributed by atoms with Crippen molar-refractivity contribution in [3.8, 4) is 11.3 Å². The maximum Gasteiger partial charge on any atom is 0.162 e. The number of aromatic nitrogens is 1. The maximum atomic E-state index is 8.81. The Morgan fingerprint density at radius 3 is 2.57 bits per heavy atom. The van der Waals surface area contributed by atoms with Crippen LogP contribution in [0.2, 0.25) is 0 Å². The molecule has 0 fully saturated rings. The summed E-state index contributed by atoms with van der Waals surface area (Å²) in [5.74, 6) is 0.485. The smallest absolute Gasteiger partial charge is 0.162 e. The second-order valence-corrected chi connectivity index (χ2v) is 4.09. The molecule has 2 rings (SSSR count). The van der Waals surface area contributed by atoms with Crippen molar-refractivity contribution in [2.24, 2.45) is 0 Å². The Balaban J connectivity index is 2.34. The highest BCUT2D eigenvalue weighted by molar-refractivity contribution is 14.1. The largest absolute Gasteiger partial charge is 0.388 e. The van der Waals surface area contributed by atoms with Crippen molar-refractivity contribution < 1.29 is 9.63 Å². The molecule has 0 radical (unpaired) electrons. The average molecular weight is 301 g/mol. The lowest BCUT2D eigenvalue weighted by Gasteiger charge is -1.94. The van der Waals surface area contributed by atoms with Crippen molar-refractivity contribution in [2.75, 3.05) is 0 Å². The molecule has 0 aliphatic rings. The molecule has 0 amide bonds. The number of hydrogen-bond donors (Lipinski definition) is 1. The molecular formula is C10H8INO2. The van der Waals surface area contributed by atoms with Gasteiger partial charge in [0.15, 0.2) is 5.76 Å². The van der Waals surface area contributed by atoms with Gasteiger partial charge in [-0.2, -0.15) is 0 Å². The minimum Gasteiger partial charge on any atom is -0.388 e. The van der Waals surface area contributed by atoms with Crippen molar-refractivity contribution >= 4 is 22.6 Å². The van der Waals surface area contributed by atoms with Gasteiger partial charge in [-0.25, -0.2) is 0 Å². The summed E-state index contributed by atoms with van der Waals surface area (Å²) in [6.45, 7) is -0.114. The summed E-state index contributed by atoms with van der Waals surface area (Å²) in [7, 11) is 0. The quantitative estimate of drug-likeness (QED) is 0.867. The summed E-state index contributed by atoms with van der Waals surface area (Å²) in [4.78, 5) is 0. The predicted octanol–water partition coefficient (Wildman–Crippen LogP) is 2.44. The first-order chi connectivity index (χ1) is 6.79. The molecule has 0 spiro atoms. The fraction of sp³-hybridized carbons (Fsp3) is 0.100. The molecule has 1 aromatic heterocycles. The number of aliphatic hydroxyl groups is 1. The van der Waals surface area contributed by atoms with E-state index >= 15 is 0 Å². The topological polar surface area (TPSA) is 46.3 Å². The SMILES string of the molecule is OCc1cc(-c2ccc(I)cc2)no1. The number of benzene rings is 1. The minimum atomic E-state index is -0.114. The van der Waals surface area contributed by atoms with Crippen molar-refractivity contribution in [1.82, 2.24) is 5.16 Å². The maximum absolute atomic E-state index is 8.81. The van der Waals surface area contributed by atoms with E-state index in [9.17, 15) is 0 Å². The third kappa shape index (κ3) is 1.96.